The average molecular weight is 293 g/mol. The van der Waals surface area contributed by atoms with Crippen LogP contribution in [-0.2, 0) is 26.4 Å². The first-order chi connectivity index (χ1) is 7.93. The Bertz CT molecular complexity index is 502. The van der Waals surface area contributed by atoms with E-state index in [1.54, 1.807) is 25.1 Å². The number of hydrogen-bond acceptors (Lipinski definition) is 4. The third-order valence-corrected chi connectivity index (χ3v) is 8.30. The van der Waals surface area contributed by atoms with Gasteiger partial charge in [-0.15, -0.1) is 0 Å². The van der Waals surface area contributed by atoms with Gasteiger partial charge in [0.05, 0.1) is 11.5 Å². The van der Waals surface area contributed by atoms with Crippen LogP contribution in [0.4, 0.5) is 0 Å². The van der Waals surface area contributed by atoms with Crippen LogP contribution < -0.4 is 4.49 Å². The molecule has 0 aliphatic carbocycles. The lowest BCUT2D eigenvalue weighted by Crippen LogP contribution is -2.23. The van der Waals surface area contributed by atoms with Gasteiger partial charge in [-0.25, -0.2) is 8.42 Å². The lowest BCUT2D eigenvalue weighted by Gasteiger charge is -2.21. The Labute approximate surface area is 108 Å². The number of rotatable bonds is 6. The van der Waals surface area contributed by atoms with Crippen LogP contribution in [0.15, 0.2) is 35.2 Å². The molecule has 0 fully saturated rings. The summed E-state index contributed by atoms with van der Waals surface area (Å²) in [6.45, 7) is 4.03. The Morgan fingerprint density at radius 2 is 1.88 bits per heavy atom. The monoisotopic (exact) mass is 293 g/mol. The topological polar surface area (TPSA) is 55.4 Å². The molecule has 0 heterocycles. The zero-order valence-corrected chi connectivity index (χ0v) is 12.3. The molecule has 1 unspecified atom stereocenters. The Hall–Kier alpha value is -0.260. The third kappa shape index (κ3) is 4.16. The third-order valence-electron chi connectivity index (χ3n) is 2.07. The molecule has 1 aromatic carbocycles. The highest BCUT2D eigenvalue weighted by Gasteiger charge is 2.24. The Morgan fingerprint density at radius 1 is 1.29 bits per heavy atom. The highest BCUT2D eigenvalue weighted by molar-refractivity contribution is 8.16. The van der Waals surface area contributed by atoms with Gasteiger partial charge in [0.2, 0.25) is 10.0 Å². The Kier molecular flexibility index (Phi) is 5.28. The predicted molar refractivity (Wildman–Crippen MR) is 73.2 cm³/mol. The lowest BCUT2D eigenvalue weighted by molar-refractivity contribution is 0.374. The van der Waals surface area contributed by atoms with E-state index in [0.717, 1.165) is 0 Å². The molecule has 0 spiro atoms. The summed E-state index contributed by atoms with van der Waals surface area (Å²) in [6, 6.07) is 8.17. The van der Waals surface area contributed by atoms with Crippen LogP contribution in [-0.4, -0.2) is 21.2 Å². The predicted octanol–water partition coefficient (Wildman–Crippen LogP) is 2.33. The Balaban J connectivity index is 2.98. The fraction of sp³-hybridized carbons (Fsp3) is 0.400. The van der Waals surface area contributed by atoms with Crippen LogP contribution in [0.1, 0.15) is 13.8 Å². The minimum atomic E-state index is -3.58. The molecule has 0 saturated carbocycles. The summed E-state index contributed by atoms with van der Waals surface area (Å²) in [4.78, 5) is 0.211. The molecule has 0 aliphatic heterocycles. The van der Waals surface area contributed by atoms with Crippen LogP contribution in [0.25, 0.3) is 0 Å². The minimum absolute atomic E-state index is 0.211. The molecule has 1 rings (SSSR count). The summed E-state index contributed by atoms with van der Waals surface area (Å²) in [5.74, 6) is 0. The maximum Gasteiger partial charge on any atom is 0.246 e. The molecular weight excluding hydrogens is 277 g/mol. The van der Waals surface area contributed by atoms with Crippen LogP contribution in [0, 0.1) is 0 Å². The van der Waals surface area contributed by atoms with E-state index in [-0.39, 0.29) is 4.90 Å². The van der Waals surface area contributed by atoms with Gasteiger partial charge in [-0.1, -0.05) is 25.1 Å². The lowest BCUT2D eigenvalue weighted by atomic mass is 10.4. The maximum atomic E-state index is 12.1. The second-order valence-electron chi connectivity index (χ2n) is 3.32. The van der Waals surface area contributed by atoms with Crippen molar-refractivity contribution in [3.05, 3.63) is 30.3 Å². The van der Waals surface area contributed by atoms with Gasteiger partial charge in [0.1, 0.15) is 6.42 Å². The van der Waals surface area contributed by atoms with E-state index in [9.17, 15) is 8.42 Å². The molecule has 96 valence electrons. The standard InChI is InChI=1S/C10H16NO3PS2/c1-3-14-15(16,4-2)11-17(12,13)10-8-6-5-7-9-10/h5-9H,3-4H2,1-2H3,(H,11,16). The van der Waals surface area contributed by atoms with Crippen LogP contribution >= 0.6 is 6.42 Å². The van der Waals surface area contributed by atoms with Crippen LogP contribution in [0.5, 0.6) is 0 Å². The molecular formula is C10H16NO3PS2. The fourth-order valence-corrected chi connectivity index (χ4v) is 6.15. The van der Waals surface area contributed by atoms with Crippen molar-refractivity contribution in [2.24, 2.45) is 0 Å². The van der Waals surface area contributed by atoms with Gasteiger partial charge in [0, 0.05) is 6.16 Å². The minimum Gasteiger partial charge on any atom is -0.338 e. The van der Waals surface area contributed by atoms with Gasteiger partial charge in [0.25, 0.3) is 0 Å². The molecule has 17 heavy (non-hydrogen) atoms. The highest BCUT2D eigenvalue weighted by atomic mass is 32.5. The van der Waals surface area contributed by atoms with E-state index in [1.807, 2.05) is 6.92 Å². The molecule has 0 aromatic heterocycles. The zero-order chi connectivity index (χ0) is 12.9. The molecule has 1 N–H and O–H groups in total. The fourth-order valence-electron chi connectivity index (χ4n) is 1.23. The summed E-state index contributed by atoms with van der Waals surface area (Å²) < 4.78 is 32.0. The van der Waals surface area contributed by atoms with E-state index in [4.69, 9.17) is 16.3 Å². The van der Waals surface area contributed by atoms with E-state index in [2.05, 4.69) is 4.49 Å². The second kappa shape index (κ2) is 6.07. The largest absolute Gasteiger partial charge is 0.338 e. The highest BCUT2D eigenvalue weighted by Crippen LogP contribution is 2.43. The number of sulfonamides is 1. The van der Waals surface area contributed by atoms with Gasteiger partial charge in [-0.05, 0) is 30.9 Å². The van der Waals surface area contributed by atoms with Crippen molar-refractivity contribution >= 4 is 28.2 Å². The van der Waals surface area contributed by atoms with E-state index < -0.39 is 16.4 Å². The van der Waals surface area contributed by atoms with Crippen molar-refractivity contribution in [1.29, 1.82) is 0 Å². The quantitative estimate of drug-likeness (QED) is 0.818. The van der Waals surface area contributed by atoms with E-state index in [0.29, 0.717) is 12.8 Å². The molecule has 0 aliphatic rings. The van der Waals surface area contributed by atoms with Gasteiger partial charge in [-0.3, -0.25) is 0 Å². The Morgan fingerprint density at radius 3 is 2.35 bits per heavy atom. The zero-order valence-electron chi connectivity index (χ0n) is 9.79. The number of nitrogens with one attached hydrogen (secondary N) is 1. The smallest absolute Gasteiger partial charge is 0.246 e. The summed E-state index contributed by atoms with van der Waals surface area (Å²) in [5, 5.41) is 0. The normalized spacial score (nSPS) is 15.4. The van der Waals surface area contributed by atoms with Crippen molar-refractivity contribution in [3.8, 4) is 0 Å². The SMILES string of the molecule is CCOP(=S)(CC)NS(=O)(=O)c1ccccc1. The average Bonchev–Trinajstić information content (AvgIpc) is 2.30. The van der Waals surface area contributed by atoms with E-state index in [1.165, 1.54) is 12.1 Å². The van der Waals surface area contributed by atoms with Crippen molar-refractivity contribution in [3.63, 3.8) is 0 Å². The van der Waals surface area contributed by atoms with Crippen LogP contribution in [0.2, 0.25) is 0 Å². The number of benzene rings is 1. The van der Waals surface area contributed by atoms with Gasteiger partial charge >= 0.3 is 0 Å². The summed E-state index contributed by atoms with van der Waals surface area (Å²) in [6.07, 6.45) is -2.00. The maximum absolute atomic E-state index is 12.1. The van der Waals surface area contributed by atoms with Gasteiger partial charge in [0.15, 0.2) is 0 Å². The van der Waals surface area contributed by atoms with Crippen molar-refractivity contribution < 1.29 is 12.9 Å². The molecule has 4 nitrogen and oxygen atoms in total. The van der Waals surface area contributed by atoms with Crippen LogP contribution in [0.3, 0.4) is 0 Å². The summed E-state index contributed by atoms with van der Waals surface area (Å²) >= 11 is 5.25. The van der Waals surface area contributed by atoms with Crippen molar-refractivity contribution in [2.45, 2.75) is 18.7 Å². The first-order valence-corrected chi connectivity index (χ1v) is 9.65. The molecule has 1 aromatic rings. The number of hydrogen-bond donors (Lipinski definition) is 1. The first kappa shape index (κ1) is 14.8. The molecule has 7 heteroatoms. The summed E-state index contributed by atoms with van der Waals surface area (Å²) in [7, 11) is -3.58. The molecule has 1 atom stereocenters. The van der Waals surface area contributed by atoms with Gasteiger partial charge in [-0.2, -0.15) is 4.49 Å². The van der Waals surface area contributed by atoms with Crippen molar-refractivity contribution in [1.82, 2.24) is 4.49 Å². The molecule has 0 radical (unpaired) electrons. The second-order valence-corrected chi connectivity index (χ2v) is 9.53. The summed E-state index contributed by atoms with van der Waals surface area (Å²) in [5.41, 5.74) is 0. The van der Waals surface area contributed by atoms with Crippen molar-refractivity contribution in [2.75, 3.05) is 12.8 Å². The first-order valence-electron chi connectivity index (χ1n) is 5.26. The molecule has 0 saturated heterocycles. The molecule has 0 bridgehead atoms. The van der Waals surface area contributed by atoms with Gasteiger partial charge < -0.3 is 4.52 Å². The molecule has 0 amide bonds. The van der Waals surface area contributed by atoms with E-state index >= 15 is 0 Å².